The number of hydrogen-bond acceptors (Lipinski definition) is 4. The van der Waals surface area contributed by atoms with Crippen LogP contribution in [0.25, 0.3) is 0 Å². The van der Waals surface area contributed by atoms with Gasteiger partial charge in [-0.3, -0.25) is 15.2 Å². The number of nitrogens with zero attached hydrogens (tertiary/aromatic N) is 2. The summed E-state index contributed by atoms with van der Waals surface area (Å²) in [5.74, 6) is 0.632. The highest BCUT2D eigenvalue weighted by Crippen LogP contribution is 2.10. The van der Waals surface area contributed by atoms with E-state index in [2.05, 4.69) is 20.5 Å². The highest BCUT2D eigenvalue weighted by Gasteiger charge is 2.27. The first-order valence-corrected chi connectivity index (χ1v) is 4.21. The van der Waals surface area contributed by atoms with Gasteiger partial charge in [0.05, 0.1) is 0 Å². The molecule has 1 aromatic heterocycles. The van der Waals surface area contributed by atoms with Crippen LogP contribution in [0, 0.1) is 6.92 Å². The molecule has 1 heterocycles. The van der Waals surface area contributed by atoms with Gasteiger partial charge in [-0.05, 0) is 20.8 Å². The number of amides is 1. The summed E-state index contributed by atoms with van der Waals surface area (Å²) in [7, 11) is 1.48. The summed E-state index contributed by atoms with van der Waals surface area (Å²) in [5.41, 5.74) is -0.880. The maximum absolute atomic E-state index is 11.5. The Kier molecular flexibility index (Phi) is 2.85. The second-order valence-corrected chi connectivity index (χ2v) is 3.41. The van der Waals surface area contributed by atoms with E-state index < -0.39 is 5.60 Å². The molecule has 6 nitrogen and oxygen atoms in total. The number of aromatic nitrogens is 3. The molecule has 78 valence electrons. The summed E-state index contributed by atoms with van der Waals surface area (Å²) in [6.07, 6.45) is 0. The summed E-state index contributed by atoms with van der Waals surface area (Å²) in [6.45, 7) is 5.09. The van der Waals surface area contributed by atoms with Crippen molar-refractivity contribution in [2.24, 2.45) is 0 Å². The number of anilines is 1. The minimum absolute atomic E-state index is 0.262. The van der Waals surface area contributed by atoms with Crippen LogP contribution in [-0.2, 0) is 9.53 Å². The summed E-state index contributed by atoms with van der Waals surface area (Å²) < 4.78 is 5.00. The van der Waals surface area contributed by atoms with Crippen LogP contribution >= 0.6 is 0 Å². The number of ether oxygens (including phenoxy) is 1. The first-order valence-electron chi connectivity index (χ1n) is 4.21. The third-order valence-corrected chi connectivity index (χ3v) is 1.88. The Bertz CT molecular complexity index is 332. The molecule has 0 unspecified atom stereocenters. The lowest BCUT2D eigenvalue weighted by molar-refractivity contribution is -0.133. The molecule has 0 aliphatic carbocycles. The Morgan fingerprint density at radius 3 is 2.64 bits per heavy atom. The summed E-state index contributed by atoms with van der Waals surface area (Å²) in [5, 5.41) is 8.94. The Hall–Kier alpha value is -1.43. The third-order valence-electron chi connectivity index (χ3n) is 1.88. The average molecular weight is 198 g/mol. The average Bonchev–Trinajstić information content (AvgIpc) is 2.51. The molecular formula is C8H14N4O2. The van der Waals surface area contributed by atoms with Gasteiger partial charge in [-0.1, -0.05) is 0 Å². The van der Waals surface area contributed by atoms with Gasteiger partial charge in [0.15, 0.2) is 0 Å². The number of H-pyrrole nitrogens is 1. The number of nitrogens with one attached hydrogen (secondary N) is 2. The molecule has 0 saturated carbocycles. The molecule has 2 N–H and O–H groups in total. The smallest absolute Gasteiger partial charge is 0.258 e. The van der Waals surface area contributed by atoms with Crippen LogP contribution in [0.2, 0.25) is 0 Å². The molecule has 1 rings (SSSR count). The maximum Gasteiger partial charge on any atom is 0.258 e. The van der Waals surface area contributed by atoms with Gasteiger partial charge in [0.25, 0.3) is 5.91 Å². The van der Waals surface area contributed by atoms with Crippen molar-refractivity contribution in [3.8, 4) is 0 Å². The van der Waals surface area contributed by atoms with Gasteiger partial charge in [-0.15, -0.1) is 5.10 Å². The van der Waals surface area contributed by atoms with Gasteiger partial charge < -0.3 is 4.74 Å². The van der Waals surface area contributed by atoms with Crippen LogP contribution in [0.5, 0.6) is 0 Å². The van der Waals surface area contributed by atoms with Crippen LogP contribution in [0.15, 0.2) is 0 Å². The van der Waals surface area contributed by atoms with E-state index in [1.54, 1.807) is 20.8 Å². The second-order valence-electron chi connectivity index (χ2n) is 3.41. The number of methoxy groups -OCH3 is 1. The van der Waals surface area contributed by atoms with E-state index in [0.29, 0.717) is 5.82 Å². The quantitative estimate of drug-likeness (QED) is 0.740. The van der Waals surface area contributed by atoms with Crippen LogP contribution in [-0.4, -0.2) is 33.8 Å². The number of carbonyl (C=O) groups excluding carboxylic acids is 1. The number of aryl methyl sites for hydroxylation is 1. The Labute approximate surface area is 82.1 Å². The van der Waals surface area contributed by atoms with Crippen molar-refractivity contribution in [3.63, 3.8) is 0 Å². The van der Waals surface area contributed by atoms with E-state index in [1.807, 2.05) is 0 Å². The van der Waals surface area contributed by atoms with Crippen molar-refractivity contribution >= 4 is 11.9 Å². The largest absolute Gasteiger partial charge is 0.369 e. The fourth-order valence-electron chi connectivity index (χ4n) is 0.743. The first kappa shape index (κ1) is 10.6. The Morgan fingerprint density at radius 2 is 2.21 bits per heavy atom. The topological polar surface area (TPSA) is 79.9 Å². The fraction of sp³-hybridized carbons (Fsp3) is 0.625. The van der Waals surface area contributed by atoms with Crippen molar-refractivity contribution in [2.45, 2.75) is 26.4 Å². The van der Waals surface area contributed by atoms with E-state index in [1.165, 1.54) is 7.11 Å². The van der Waals surface area contributed by atoms with Gasteiger partial charge in [0.1, 0.15) is 11.4 Å². The van der Waals surface area contributed by atoms with Crippen molar-refractivity contribution in [1.29, 1.82) is 0 Å². The highest BCUT2D eigenvalue weighted by molar-refractivity contribution is 5.95. The van der Waals surface area contributed by atoms with Crippen LogP contribution in [0.1, 0.15) is 19.7 Å². The number of carbonyl (C=O) groups is 1. The molecule has 0 spiro atoms. The summed E-state index contributed by atoms with van der Waals surface area (Å²) in [4.78, 5) is 15.5. The third kappa shape index (κ3) is 2.29. The van der Waals surface area contributed by atoms with Crippen molar-refractivity contribution in [1.82, 2.24) is 15.2 Å². The molecule has 0 fully saturated rings. The predicted molar refractivity (Wildman–Crippen MR) is 50.8 cm³/mol. The minimum Gasteiger partial charge on any atom is -0.369 e. The molecule has 0 aromatic carbocycles. The van der Waals surface area contributed by atoms with Gasteiger partial charge in [0, 0.05) is 7.11 Å². The van der Waals surface area contributed by atoms with E-state index in [4.69, 9.17) is 4.74 Å². The first-order chi connectivity index (χ1) is 6.45. The number of hydrogen-bond donors (Lipinski definition) is 2. The standard InChI is InChI=1S/C8H14N4O2/c1-5-9-7(12-11-5)10-6(13)8(2,3)14-4/h1-4H3,(H2,9,10,11,12,13). The molecule has 6 heteroatoms. The SMILES string of the molecule is COC(C)(C)C(=O)Nc1n[nH]c(C)n1. The number of rotatable bonds is 3. The summed E-state index contributed by atoms with van der Waals surface area (Å²) >= 11 is 0. The monoisotopic (exact) mass is 198 g/mol. The molecule has 0 aliphatic heterocycles. The Morgan fingerprint density at radius 1 is 1.57 bits per heavy atom. The van der Waals surface area contributed by atoms with Crippen LogP contribution in [0.4, 0.5) is 5.95 Å². The zero-order chi connectivity index (χ0) is 10.8. The lowest BCUT2D eigenvalue weighted by Gasteiger charge is -2.20. The van der Waals surface area contributed by atoms with Gasteiger partial charge >= 0.3 is 0 Å². The Balaban J connectivity index is 2.66. The molecule has 1 amide bonds. The molecule has 0 aliphatic rings. The molecule has 0 bridgehead atoms. The molecule has 14 heavy (non-hydrogen) atoms. The van der Waals surface area contributed by atoms with Crippen molar-refractivity contribution in [2.75, 3.05) is 12.4 Å². The van der Waals surface area contributed by atoms with Crippen molar-refractivity contribution in [3.05, 3.63) is 5.82 Å². The highest BCUT2D eigenvalue weighted by atomic mass is 16.5. The van der Waals surface area contributed by atoms with Gasteiger partial charge in [-0.2, -0.15) is 4.98 Å². The predicted octanol–water partition coefficient (Wildman–Crippen LogP) is 0.477. The van der Waals surface area contributed by atoms with E-state index in [9.17, 15) is 4.79 Å². The second kappa shape index (κ2) is 3.75. The van der Waals surface area contributed by atoms with Crippen molar-refractivity contribution < 1.29 is 9.53 Å². The molecule has 1 aromatic rings. The summed E-state index contributed by atoms with van der Waals surface area (Å²) in [6, 6.07) is 0. The molecular weight excluding hydrogens is 184 g/mol. The lowest BCUT2D eigenvalue weighted by atomic mass is 10.1. The van der Waals surface area contributed by atoms with Gasteiger partial charge in [-0.25, -0.2) is 0 Å². The van der Waals surface area contributed by atoms with E-state index >= 15 is 0 Å². The molecule has 0 radical (unpaired) electrons. The fourth-order valence-corrected chi connectivity index (χ4v) is 0.743. The number of aromatic amines is 1. The zero-order valence-corrected chi connectivity index (χ0v) is 8.71. The van der Waals surface area contributed by atoms with Crippen LogP contribution < -0.4 is 5.32 Å². The molecule has 0 atom stereocenters. The lowest BCUT2D eigenvalue weighted by Crippen LogP contribution is -2.39. The normalized spacial score (nSPS) is 11.4. The van der Waals surface area contributed by atoms with E-state index in [0.717, 1.165) is 0 Å². The zero-order valence-electron chi connectivity index (χ0n) is 8.71. The molecule has 0 saturated heterocycles. The maximum atomic E-state index is 11.5. The van der Waals surface area contributed by atoms with E-state index in [-0.39, 0.29) is 11.9 Å². The van der Waals surface area contributed by atoms with Gasteiger partial charge in [0.2, 0.25) is 5.95 Å². The van der Waals surface area contributed by atoms with Crippen LogP contribution in [0.3, 0.4) is 0 Å². The minimum atomic E-state index is -0.880.